The number of hydrazine groups is 1. The SMILES string of the molecule is Cc1cccc(NC(=O)N(c2ccc(-c3csc4c(-c5ccncc5)cnc(N)c34)cc2)N(C(=O)Nc2cccc(C)c2)c2ccc(-c3csc4c(-c5cccnc5)cnc(N)c34)cc2)c1. The highest BCUT2D eigenvalue weighted by Gasteiger charge is 2.31. The van der Waals surface area contributed by atoms with Crippen LogP contribution in [0.1, 0.15) is 11.1 Å². The zero-order chi connectivity index (χ0) is 45.3. The van der Waals surface area contributed by atoms with Crippen LogP contribution in [0.15, 0.2) is 169 Å². The summed E-state index contributed by atoms with van der Waals surface area (Å²) >= 11 is 3.16. The zero-order valence-electron chi connectivity index (χ0n) is 35.6. The van der Waals surface area contributed by atoms with Crippen molar-refractivity contribution in [3.8, 4) is 44.5 Å². The quantitative estimate of drug-likeness (QED) is 0.109. The third-order valence-electron chi connectivity index (χ3n) is 11.2. The number of nitrogens with zero attached hydrogens (tertiary/aromatic N) is 6. The predicted octanol–water partition coefficient (Wildman–Crippen LogP) is 12.8. The first-order valence-electron chi connectivity index (χ1n) is 20.9. The van der Waals surface area contributed by atoms with Gasteiger partial charge in [-0.05, 0) is 119 Å². The number of nitrogens with one attached hydrogen (secondary N) is 2. The van der Waals surface area contributed by atoms with Crippen molar-refractivity contribution >= 4 is 89.3 Å². The standard InChI is InChI=1S/C52H40N10O2S2/c1-31-6-3-9-37(24-31)59-51(63)61(39-15-11-33(12-16-39)43-29-65-47-41(27-57-49(53)45(43)47)35-19-22-55-23-20-35)62(52(64)60-38-10-4-7-32(2)25-38)40-17-13-34(14-18-40)44-30-66-48-42(28-58-50(54)46(44)48)36-8-5-21-56-26-36/h3-30H,1-2H3,(H2,53,57)(H2,54,58)(H,59,63)(H,60,64). The monoisotopic (exact) mass is 900 g/mol. The molecule has 6 N–H and O–H groups in total. The maximum Gasteiger partial charge on any atom is 0.345 e. The Kier molecular flexibility index (Phi) is 11.1. The lowest BCUT2D eigenvalue weighted by molar-refractivity contribution is 0.248. The van der Waals surface area contributed by atoms with E-state index in [1.807, 2.05) is 141 Å². The van der Waals surface area contributed by atoms with Gasteiger partial charge in [0.05, 0.1) is 11.4 Å². The molecule has 0 fully saturated rings. The smallest absolute Gasteiger partial charge is 0.345 e. The molecule has 322 valence electrons. The lowest BCUT2D eigenvalue weighted by Crippen LogP contribution is -2.53. The molecule has 0 saturated carbocycles. The van der Waals surface area contributed by atoms with Gasteiger partial charge in [0.15, 0.2) is 0 Å². The fourth-order valence-corrected chi connectivity index (χ4v) is 10.3. The first-order chi connectivity index (χ1) is 32.2. The first-order valence-corrected chi connectivity index (χ1v) is 22.6. The van der Waals surface area contributed by atoms with Crippen LogP contribution >= 0.6 is 22.7 Å². The van der Waals surface area contributed by atoms with Crippen LogP contribution in [0.3, 0.4) is 0 Å². The summed E-state index contributed by atoms with van der Waals surface area (Å²) in [5.41, 5.74) is 24.3. The van der Waals surface area contributed by atoms with E-state index in [9.17, 15) is 9.59 Å². The lowest BCUT2D eigenvalue weighted by Gasteiger charge is -2.35. The molecule has 4 amide bonds. The molecule has 10 rings (SSSR count). The van der Waals surface area contributed by atoms with E-state index in [-0.39, 0.29) is 0 Å². The van der Waals surface area contributed by atoms with Gasteiger partial charge < -0.3 is 22.1 Å². The number of benzene rings is 4. The van der Waals surface area contributed by atoms with Crippen LogP contribution in [0, 0.1) is 13.8 Å². The van der Waals surface area contributed by atoms with E-state index >= 15 is 0 Å². The number of fused-ring (bicyclic) bond motifs is 2. The van der Waals surface area contributed by atoms with Crippen molar-refractivity contribution in [3.63, 3.8) is 0 Å². The van der Waals surface area contributed by atoms with Crippen LogP contribution in [0.25, 0.3) is 64.7 Å². The highest BCUT2D eigenvalue weighted by molar-refractivity contribution is 7.18. The summed E-state index contributed by atoms with van der Waals surface area (Å²) in [6.45, 7) is 3.90. The highest BCUT2D eigenvalue weighted by atomic mass is 32.1. The van der Waals surface area contributed by atoms with E-state index in [0.29, 0.717) is 34.4 Å². The number of aryl methyl sites for hydroxylation is 2. The number of nitrogen functional groups attached to an aromatic ring is 2. The van der Waals surface area contributed by atoms with E-state index in [1.54, 1.807) is 53.7 Å². The minimum absolute atomic E-state index is 0.406. The summed E-state index contributed by atoms with van der Waals surface area (Å²) in [4.78, 5) is 47.4. The number of aromatic nitrogens is 4. The van der Waals surface area contributed by atoms with Gasteiger partial charge in [-0.15, -0.1) is 22.7 Å². The van der Waals surface area contributed by atoms with Crippen LogP contribution in [0.5, 0.6) is 0 Å². The topological polar surface area (TPSA) is 168 Å². The zero-order valence-corrected chi connectivity index (χ0v) is 37.3. The summed E-state index contributed by atoms with van der Waals surface area (Å²) in [6, 6.07) is 36.6. The van der Waals surface area contributed by atoms with Gasteiger partial charge in [0, 0.05) is 96.5 Å². The maximum absolute atomic E-state index is 14.9. The summed E-state index contributed by atoms with van der Waals surface area (Å²) in [5, 5.41) is 14.6. The molecule has 6 heterocycles. The third kappa shape index (κ3) is 8.02. The van der Waals surface area contributed by atoms with Crippen molar-refractivity contribution < 1.29 is 9.59 Å². The first kappa shape index (κ1) is 41.5. The van der Waals surface area contributed by atoms with Crippen LogP contribution in [0.2, 0.25) is 0 Å². The van der Waals surface area contributed by atoms with Crippen LogP contribution in [-0.4, -0.2) is 32.0 Å². The normalized spacial score (nSPS) is 11.1. The molecule has 0 bridgehead atoms. The molecule has 14 heteroatoms. The Hall–Kier alpha value is -8.46. The number of carbonyl (C=O) groups excluding carboxylic acids is 2. The Bertz CT molecular complexity index is 3190. The number of hydrogen-bond donors (Lipinski definition) is 4. The average Bonchev–Trinajstić information content (AvgIpc) is 3.99. The van der Waals surface area contributed by atoms with Gasteiger partial charge in [0.25, 0.3) is 0 Å². The molecule has 0 unspecified atom stereocenters. The van der Waals surface area contributed by atoms with Crippen molar-refractivity contribution in [3.05, 3.63) is 180 Å². The van der Waals surface area contributed by atoms with Gasteiger partial charge in [-0.1, -0.05) is 54.6 Å². The highest BCUT2D eigenvalue weighted by Crippen LogP contribution is 2.44. The number of thiophene rings is 2. The number of urea groups is 2. The molecule has 0 spiro atoms. The number of rotatable bonds is 8. The molecular weight excluding hydrogens is 861 g/mol. The summed E-state index contributed by atoms with van der Waals surface area (Å²) in [7, 11) is 0. The Morgan fingerprint density at radius 1 is 0.500 bits per heavy atom. The molecular formula is C52H40N10O2S2. The number of anilines is 6. The van der Waals surface area contributed by atoms with E-state index in [0.717, 1.165) is 75.8 Å². The third-order valence-corrected chi connectivity index (χ3v) is 13.2. The van der Waals surface area contributed by atoms with Crippen molar-refractivity contribution in [1.82, 2.24) is 19.9 Å². The van der Waals surface area contributed by atoms with Gasteiger partial charge in [-0.3, -0.25) is 9.97 Å². The summed E-state index contributed by atoms with van der Waals surface area (Å²) in [6.07, 6.45) is 10.6. The molecule has 0 atom stereocenters. The van der Waals surface area contributed by atoms with E-state index in [4.69, 9.17) is 11.5 Å². The largest absolute Gasteiger partial charge is 0.383 e. The van der Waals surface area contributed by atoms with Gasteiger partial charge >= 0.3 is 12.1 Å². The Morgan fingerprint density at radius 2 is 0.970 bits per heavy atom. The summed E-state index contributed by atoms with van der Waals surface area (Å²) < 4.78 is 1.98. The van der Waals surface area contributed by atoms with E-state index in [2.05, 4.69) is 41.3 Å². The van der Waals surface area contributed by atoms with Crippen molar-refractivity contribution in [2.24, 2.45) is 0 Å². The molecule has 0 aliphatic rings. The van der Waals surface area contributed by atoms with Crippen molar-refractivity contribution in [1.29, 1.82) is 0 Å². The molecule has 0 radical (unpaired) electrons. The number of pyridine rings is 4. The fraction of sp³-hybridized carbons (Fsp3) is 0.0385. The predicted molar refractivity (Wildman–Crippen MR) is 271 cm³/mol. The number of amides is 4. The van der Waals surface area contributed by atoms with E-state index in [1.165, 1.54) is 10.0 Å². The molecule has 66 heavy (non-hydrogen) atoms. The molecule has 6 aromatic heterocycles. The van der Waals surface area contributed by atoms with Gasteiger partial charge in [-0.2, -0.15) is 10.0 Å². The summed E-state index contributed by atoms with van der Waals surface area (Å²) in [5.74, 6) is 0.816. The molecule has 0 aliphatic heterocycles. The number of nitrogens with two attached hydrogens (primary N) is 2. The average molecular weight is 901 g/mol. The van der Waals surface area contributed by atoms with Gasteiger partial charge in [-0.25, -0.2) is 19.6 Å². The lowest BCUT2D eigenvalue weighted by atomic mass is 10.0. The second-order valence-electron chi connectivity index (χ2n) is 15.6. The minimum atomic E-state index is -0.571. The van der Waals surface area contributed by atoms with Crippen molar-refractivity contribution in [2.45, 2.75) is 13.8 Å². The van der Waals surface area contributed by atoms with Crippen molar-refractivity contribution in [2.75, 3.05) is 32.1 Å². The number of carbonyl (C=O) groups is 2. The minimum Gasteiger partial charge on any atom is -0.383 e. The Morgan fingerprint density at radius 3 is 1.42 bits per heavy atom. The maximum atomic E-state index is 14.9. The Labute approximate surface area is 387 Å². The molecule has 0 aliphatic carbocycles. The molecule has 10 aromatic rings. The van der Waals surface area contributed by atoms with Crippen LogP contribution in [0.4, 0.5) is 44.0 Å². The second kappa shape index (κ2) is 17.6. The van der Waals surface area contributed by atoms with Gasteiger partial charge in [0.1, 0.15) is 11.6 Å². The van der Waals surface area contributed by atoms with E-state index < -0.39 is 12.1 Å². The van der Waals surface area contributed by atoms with Crippen LogP contribution in [-0.2, 0) is 0 Å². The fourth-order valence-electron chi connectivity index (χ4n) is 8.04. The van der Waals surface area contributed by atoms with Gasteiger partial charge in [0.2, 0.25) is 0 Å². The second-order valence-corrected chi connectivity index (χ2v) is 17.4. The van der Waals surface area contributed by atoms with Crippen LogP contribution < -0.4 is 32.1 Å². The number of hydrogen-bond acceptors (Lipinski definition) is 10. The molecule has 4 aromatic carbocycles. The molecule has 0 saturated heterocycles. The molecule has 12 nitrogen and oxygen atoms in total. The Balaban J connectivity index is 1.07.